The van der Waals surface area contributed by atoms with Crippen molar-refractivity contribution in [2.45, 2.75) is 84.7 Å². The quantitative estimate of drug-likeness (QED) is 0.0782. The highest BCUT2D eigenvalue weighted by atomic mass is 32.2. The van der Waals surface area contributed by atoms with E-state index in [0.29, 0.717) is 16.6 Å². The van der Waals surface area contributed by atoms with Crippen molar-refractivity contribution in [3.63, 3.8) is 0 Å². The molecule has 0 radical (unpaired) electrons. The average molecular weight is 817 g/mol. The summed E-state index contributed by atoms with van der Waals surface area (Å²) in [6.07, 6.45) is -6.09. The molecule has 0 spiro atoms. The summed E-state index contributed by atoms with van der Waals surface area (Å²) in [4.78, 5) is 13.2. The first kappa shape index (κ1) is 44.2. The van der Waals surface area contributed by atoms with Gasteiger partial charge in [0.25, 0.3) is 0 Å². The highest BCUT2D eigenvalue weighted by Gasteiger charge is 2.95. The Bertz CT molecular complexity index is 1670. The van der Waals surface area contributed by atoms with E-state index in [1.807, 2.05) is 38.1 Å². The second-order valence-corrected chi connectivity index (χ2v) is 14.3. The van der Waals surface area contributed by atoms with Gasteiger partial charge < -0.3 is 14.0 Å². The SMILES string of the molecule is CC(C)OC(=O)Oc1ccc([S+]2CCCC2)c2ccccc12.O=S(=O)([O-])C(F)(F)C(F)(F)C(F)(F)C(F)(F)C(F)(F)C(F)(F)C(F)(F)C(F)(F)F. The van der Waals surface area contributed by atoms with Crippen molar-refractivity contribution < 1.29 is 102 Å². The molecule has 0 aromatic heterocycles. The van der Waals surface area contributed by atoms with E-state index in [-0.39, 0.29) is 6.10 Å². The van der Waals surface area contributed by atoms with Gasteiger partial charge in [0.1, 0.15) is 17.3 Å². The molecule has 0 bridgehead atoms. The van der Waals surface area contributed by atoms with Crippen molar-refractivity contribution in [1.29, 1.82) is 0 Å². The van der Waals surface area contributed by atoms with Gasteiger partial charge in [-0.25, -0.2) is 13.2 Å². The zero-order valence-electron chi connectivity index (χ0n) is 25.1. The van der Waals surface area contributed by atoms with Gasteiger partial charge in [-0.05, 0) is 44.9 Å². The maximum Gasteiger partial charge on any atom is 0.514 e. The molecule has 0 unspecified atom stereocenters. The van der Waals surface area contributed by atoms with Crippen LogP contribution in [0.3, 0.4) is 0 Å². The van der Waals surface area contributed by atoms with Gasteiger partial charge in [0.15, 0.2) is 15.0 Å². The molecule has 2 aromatic rings. The smallest absolute Gasteiger partial charge is 0.514 e. The molecule has 51 heavy (non-hydrogen) atoms. The minimum atomic E-state index is -8.92. The molecular weight excluding hydrogens is 795 g/mol. The number of halogens is 17. The summed E-state index contributed by atoms with van der Waals surface area (Å²) in [6.45, 7) is 3.62. The number of hydrogen-bond donors (Lipinski definition) is 0. The molecule has 1 heterocycles. The first-order valence-electron chi connectivity index (χ1n) is 13.4. The topological polar surface area (TPSA) is 92.7 Å². The zero-order chi connectivity index (χ0) is 40.0. The van der Waals surface area contributed by atoms with Gasteiger partial charge in [-0.3, -0.25) is 0 Å². The molecule has 0 aliphatic carbocycles. The van der Waals surface area contributed by atoms with Crippen LogP contribution in [-0.4, -0.2) is 83.7 Å². The van der Waals surface area contributed by atoms with Crippen LogP contribution in [-0.2, 0) is 25.7 Å². The van der Waals surface area contributed by atoms with Crippen molar-refractivity contribution in [2.75, 3.05) is 11.5 Å². The largest absolute Gasteiger partial charge is 0.743 e. The van der Waals surface area contributed by atoms with Crippen molar-refractivity contribution >= 4 is 37.9 Å². The monoisotopic (exact) mass is 816 g/mol. The summed E-state index contributed by atoms with van der Waals surface area (Å²) < 4.78 is 255. The number of benzene rings is 2. The van der Waals surface area contributed by atoms with Crippen molar-refractivity contribution in [2.24, 2.45) is 0 Å². The Morgan fingerprint density at radius 3 is 1.49 bits per heavy atom. The molecule has 0 atom stereocenters. The molecule has 3 rings (SSSR count). The summed E-state index contributed by atoms with van der Waals surface area (Å²) >= 11 is 0. The summed E-state index contributed by atoms with van der Waals surface area (Å²) in [5, 5.41) is -5.77. The molecular formula is C26H21F17O6S2. The lowest BCUT2D eigenvalue weighted by Gasteiger charge is -2.42. The van der Waals surface area contributed by atoms with Gasteiger partial charge in [-0.1, -0.05) is 18.2 Å². The van der Waals surface area contributed by atoms with E-state index in [0.717, 1.165) is 5.39 Å². The lowest BCUT2D eigenvalue weighted by molar-refractivity contribution is -0.458. The fourth-order valence-electron chi connectivity index (χ4n) is 4.07. The highest BCUT2D eigenvalue weighted by Crippen LogP contribution is 2.64. The summed E-state index contributed by atoms with van der Waals surface area (Å²) in [6, 6.07) is 12.2. The third-order valence-corrected chi connectivity index (χ3v) is 10.1. The van der Waals surface area contributed by atoms with Crippen LogP contribution in [0.15, 0.2) is 41.3 Å². The maximum absolute atomic E-state index is 13.0. The lowest BCUT2D eigenvalue weighted by atomic mass is 9.91. The van der Waals surface area contributed by atoms with E-state index in [2.05, 4.69) is 12.1 Å². The first-order valence-corrected chi connectivity index (χ1v) is 16.4. The van der Waals surface area contributed by atoms with Gasteiger partial charge in [-0.2, -0.15) is 74.6 Å². The minimum Gasteiger partial charge on any atom is -0.743 e. The van der Waals surface area contributed by atoms with E-state index in [1.165, 1.54) is 34.6 Å². The number of ether oxygens (including phenoxy) is 2. The van der Waals surface area contributed by atoms with Crippen LogP contribution < -0.4 is 4.74 Å². The number of carbonyl (C=O) groups excluding carboxylic acids is 1. The van der Waals surface area contributed by atoms with Crippen LogP contribution in [0.1, 0.15) is 26.7 Å². The van der Waals surface area contributed by atoms with E-state index in [4.69, 9.17) is 9.47 Å². The molecule has 1 saturated heterocycles. The molecule has 0 saturated carbocycles. The molecule has 292 valence electrons. The Morgan fingerprint density at radius 1 is 0.667 bits per heavy atom. The maximum atomic E-state index is 13.0. The fraction of sp³-hybridized carbons (Fsp3) is 0.577. The average Bonchev–Trinajstić information content (AvgIpc) is 3.50. The lowest BCUT2D eigenvalue weighted by Crippen LogP contribution is -2.75. The van der Waals surface area contributed by atoms with E-state index in [9.17, 15) is 92.4 Å². The summed E-state index contributed by atoms with van der Waals surface area (Å²) in [7, 11) is -7.81. The van der Waals surface area contributed by atoms with E-state index in [1.54, 1.807) is 0 Å². The molecule has 1 fully saturated rings. The Labute approximate surface area is 278 Å². The number of rotatable bonds is 10. The van der Waals surface area contributed by atoms with Crippen LogP contribution >= 0.6 is 0 Å². The number of hydrogen-bond acceptors (Lipinski definition) is 6. The molecule has 6 nitrogen and oxygen atoms in total. The number of carbonyl (C=O) groups is 1. The van der Waals surface area contributed by atoms with E-state index < -0.39 is 63.2 Å². The highest BCUT2D eigenvalue weighted by molar-refractivity contribution is 7.97. The Hall–Kier alpha value is -2.96. The van der Waals surface area contributed by atoms with Crippen LogP contribution in [0.2, 0.25) is 0 Å². The molecule has 0 amide bonds. The summed E-state index contributed by atoms with van der Waals surface area (Å²) in [5.41, 5.74) is 0. The predicted molar refractivity (Wildman–Crippen MR) is 141 cm³/mol. The van der Waals surface area contributed by atoms with Crippen molar-refractivity contribution in [1.82, 2.24) is 0 Å². The first-order chi connectivity index (χ1) is 22.6. The van der Waals surface area contributed by atoms with Crippen LogP contribution in [0.4, 0.5) is 79.4 Å². The van der Waals surface area contributed by atoms with Gasteiger partial charge in [0, 0.05) is 21.7 Å². The minimum absolute atomic E-state index is 0.182. The fourth-order valence-corrected chi connectivity index (χ4v) is 7.01. The van der Waals surface area contributed by atoms with Crippen LogP contribution in [0.5, 0.6) is 5.75 Å². The third kappa shape index (κ3) is 7.60. The van der Waals surface area contributed by atoms with Gasteiger partial charge in [0.05, 0.1) is 6.10 Å². The third-order valence-electron chi connectivity index (χ3n) is 6.72. The Kier molecular flexibility index (Phi) is 12.2. The van der Waals surface area contributed by atoms with Gasteiger partial charge in [-0.15, -0.1) is 0 Å². The van der Waals surface area contributed by atoms with Crippen molar-refractivity contribution in [3.8, 4) is 5.75 Å². The van der Waals surface area contributed by atoms with Crippen LogP contribution in [0, 0.1) is 0 Å². The number of fused-ring (bicyclic) bond motifs is 1. The Balaban J connectivity index is 0.000000364. The van der Waals surface area contributed by atoms with Crippen molar-refractivity contribution in [3.05, 3.63) is 36.4 Å². The second-order valence-electron chi connectivity index (χ2n) is 10.6. The molecule has 1 aliphatic rings. The second kappa shape index (κ2) is 14.1. The normalized spacial score (nSPS) is 16.3. The standard InChI is InChI=1S/C18H21O3S.C8HF17O3S/c1-13(2)20-18(19)21-16-9-10-17(22-11-5-6-12-22)15-8-4-3-7-14(15)16;9-1(10,3(13,14)5(17,18)7(21,22)23)2(11,12)4(15,16)6(19,20)8(24,25)29(26,27)28/h3-4,7-10,13H,5-6,11-12H2,1-2H3;(H,26,27,28)/q+1;/p-1. The van der Waals surface area contributed by atoms with Crippen LogP contribution in [0.25, 0.3) is 10.8 Å². The predicted octanol–water partition coefficient (Wildman–Crippen LogP) is 9.03. The van der Waals surface area contributed by atoms with Gasteiger partial charge in [0.2, 0.25) is 0 Å². The molecule has 2 aromatic carbocycles. The summed E-state index contributed by atoms with van der Waals surface area (Å²) in [5.74, 6) is -49.0. The molecule has 1 aliphatic heterocycles. The Morgan fingerprint density at radius 2 is 1.08 bits per heavy atom. The van der Waals surface area contributed by atoms with E-state index >= 15 is 0 Å². The number of alkyl halides is 17. The van der Waals surface area contributed by atoms with Gasteiger partial charge >= 0.3 is 53.1 Å². The zero-order valence-corrected chi connectivity index (χ0v) is 26.7. The molecule has 25 heteroatoms. The molecule has 0 N–H and O–H groups in total.